The van der Waals surface area contributed by atoms with Crippen molar-refractivity contribution in [3.05, 3.63) is 17.3 Å². The molecule has 0 N–H and O–H groups in total. The average Bonchev–Trinajstić information content (AvgIpc) is 2.68. The molecular weight excluding hydrogens is 230 g/mol. The van der Waals surface area contributed by atoms with Crippen molar-refractivity contribution >= 4 is 27.4 Å². The van der Waals surface area contributed by atoms with Crippen molar-refractivity contribution in [2.24, 2.45) is 0 Å². The molecule has 0 spiro atoms. The SMILES string of the molecule is CCCN(CCC)c1ncnc2sc(C)cc12. The second-order valence-electron chi connectivity index (χ2n) is 4.26. The Balaban J connectivity index is 2.44. The average molecular weight is 249 g/mol. The number of hydrogen-bond donors (Lipinski definition) is 0. The van der Waals surface area contributed by atoms with Gasteiger partial charge in [-0.2, -0.15) is 0 Å². The minimum atomic E-state index is 1.06. The summed E-state index contributed by atoms with van der Waals surface area (Å²) in [6.45, 7) is 8.67. The second-order valence-corrected chi connectivity index (χ2v) is 5.49. The standard InChI is InChI=1S/C13H19N3S/c1-4-6-16(7-5-2)12-11-8-10(3)17-13(11)15-9-14-12/h8-9H,4-7H2,1-3H3. The van der Waals surface area contributed by atoms with E-state index in [9.17, 15) is 0 Å². The molecule has 0 amide bonds. The third-order valence-corrected chi connectivity index (χ3v) is 3.68. The monoisotopic (exact) mass is 249 g/mol. The maximum atomic E-state index is 4.48. The third kappa shape index (κ3) is 2.57. The van der Waals surface area contributed by atoms with Crippen molar-refractivity contribution in [2.75, 3.05) is 18.0 Å². The fourth-order valence-corrected chi connectivity index (χ4v) is 2.92. The Labute approximate surface area is 107 Å². The first kappa shape index (κ1) is 12.3. The quantitative estimate of drug-likeness (QED) is 0.810. The zero-order valence-electron chi connectivity index (χ0n) is 10.7. The minimum Gasteiger partial charge on any atom is -0.356 e. The summed E-state index contributed by atoms with van der Waals surface area (Å²) in [5, 5.41) is 1.21. The number of aromatic nitrogens is 2. The lowest BCUT2D eigenvalue weighted by molar-refractivity contribution is 0.736. The number of hydrogen-bond acceptors (Lipinski definition) is 4. The summed E-state index contributed by atoms with van der Waals surface area (Å²) in [5.74, 6) is 1.10. The number of rotatable bonds is 5. The normalized spacial score (nSPS) is 11.0. The van der Waals surface area contributed by atoms with Crippen molar-refractivity contribution in [3.8, 4) is 0 Å². The molecule has 2 aromatic rings. The van der Waals surface area contributed by atoms with E-state index < -0.39 is 0 Å². The summed E-state index contributed by atoms with van der Waals surface area (Å²) in [6, 6.07) is 2.20. The van der Waals surface area contributed by atoms with Crippen LogP contribution in [0.2, 0.25) is 0 Å². The van der Waals surface area contributed by atoms with Crippen molar-refractivity contribution < 1.29 is 0 Å². The first-order chi connectivity index (χ1) is 8.26. The zero-order valence-corrected chi connectivity index (χ0v) is 11.5. The van der Waals surface area contributed by atoms with Crippen LogP contribution in [0.15, 0.2) is 12.4 Å². The van der Waals surface area contributed by atoms with Gasteiger partial charge in [0.2, 0.25) is 0 Å². The molecule has 0 atom stereocenters. The van der Waals surface area contributed by atoms with Crippen LogP contribution in [-0.4, -0.2) is 23.1 Å². The highest BCUT2D eigenvalue weighted by molar-refractivity contribution is 7.18. The lowest BCUT2D eigenvalue weighted by Crippen LogP contribution is -2.26. The molecular formula is C13H19N3S. The number of anilines is 1. The van der Waals surface area contributed by atoms with Crippen LogP contribution < -0.4 is 4.90 Å². The van der Waals surface area contributed by atoms with Crippen LogP contribution in [0.25, 0.3) is 10.2 Å². The number of fused-ring (bicyclic) bond motifs is 1. The maximum absolute atomic E-state index is 4.48. The van der Waals surface area contributed by atoms with Gasteiger partial charge in [0.25, 0.3) is 0 Å². The predicted octanol–water partition coefficient (Wildman–Crippen LogP) is 3.63. The molecule has 0 saturated heterocycles. The summed E-state index contributed by atoms with van der Waals surface area (Å²) in [7, 11) is 0. The molecule has 2 rings (SSSR count). The molecule has 0 unspecified atom stereocenters. The van der Waals surface area contributed by atoms with Gasteiger partial charge < -0.3 is 4.90 Å². The number of thiophene rings is 1. The molecule has 0 aliphatic heterocycles. The molecule has 2 heterocycles. The summed E-state index contributed by atoms with van der Waals surface area (Å²) < 4.78 is 0. The van der Waals surface area contributed by atoms with E-state index in [2.05, 4.69) is 41.7 Å². The summed E-state index contributed by atoms with van der Waals surface area (Å²) in [6.07, 6.45) is 3.98. The summed E-state index contributed by atoms with van der Waals surface area (Å²) in [4.78, 5) is 13.6. The zero-order chi connectivity index (χ0) is 12.3. The molecule has 0 radical (unpaired) electrons. The highest BCUT2D eigenvalue weighted by Crippen LogP contribution is 2.29. The summed E-state index contributed by atoms with van der Waals surface area (Å²) >= 11 is 1.74. The Hall–Kier alpha value is -1.16. The van der Waals surface area contributed by atoms with Gasteiger partial charge in [-0.05, 0) is 25.8 Å². The number of nitrogens with zero attached hydrogens (tertiary/aromatic N) is 3. The van der Waals surface area contributed by atoms with Crippen LogP contribution in [0.1, 0.15) is 31.6 Å². The Morgan fingerprint density at radius 1 is 1.18 bits per heavy atom. The highest BCUT2D eigenvalue weighted by atomic mass is 32.1. The van der Waals surface area contributed by atoms with Crippen molar-refractivity contribution in [1.29, 1.82) is 0 Å². The Morgan fingerprint density at radius 3 is 2.53 bits per heavy atom. The van der Waals surface area contributed by atoms with Gasteiger partial charge in [-0.1, -0.05) is 13.8 Å². The van der Waals surface area contributed by atoms with E-state index in [0.29, 0.717) is 0 Å². The lowest BCUT2D eigenvalue weighted by Gasteiger charge is -2.22. The predicted molar refractivity (Wildman–Crippen MR) is 74.9 cm³/mol. The van der Waals surface area contributed by atoms with E-state index in [0.717, 1.165) is 36.6 Å². The molecule has 0 aliphatic rings. The van der Waals surface area contributed by atoms with Gasteiger partial charge in [0.05, 0.1) is 5.39 Å². The Morgan fingerprint density at radius 2 is 1.88 bits per heavy atom. The molecule has 92 valence electrons. The van der Waals surface area contributed by atoms with Crippen LogP contribution in [0.3, 0.4) is 0 Å². The van der Waals surface area contributed by atoms with Gasteiger partial charge in [0.15, 0.2) is 0 Å². The van der Waals surface area contributed by atoms with Crippen LogP contribution in [0.5, 0.6) is 0 Å². The highest BCUT2D eigenvalue weighted by Gasteiger charge is 2.12. The Kier molecular flexibility index (Phi) is 3.94. The van der Waals surface area contributed by atoms with Crippen molar-refractivity contribution in [1.82, 2.24) is 9.97 Å². The van der Waals surface area contributed by atoms with Crippen molar-refractivity contribution in [2.45, 2.75) is 33.6 Å². The summed E-state index contributed by atoms with van der Waals surface area (Å²) in [5.41, 5.74) is 0. The van der Waals surface area contributed by atoms with E-state index in [-0.39, 0.29) is 0 Å². The van der Waals surface area contributed by atoms with Gasteiger partial charge in [-0.15, -0.1) is 11.3 Å². The van der Waals surface area contributed by atoms with E-state index in [1.165, 1.54) is 10.3 Å². The molecule has 17 heavy (non-hydrogen) atoms. The smallest absolute Gasteiger partial charge is 0.140 e. The van der Waals surface area contributed by atoms with Gasteiger partial charge in [-0.3, -0.25) is 0 Å². The van der Waals surface area contributed by atoms with E-state index in [1.54, 1.807) is 17.7 Å². The molecule has 0 saturated carbocycles. The molecule has 0 aliphatic carbocycles. The van der Waals surface area contributed by atoms with Crippen LogP contribution in [0, 0.1) is 6.92 Å². The third-order valence-electron chi connectivity index (χ3n) is 2.72. The largest absolute Gasteiger partial charge is 0.356 e. The van der Waals surface area contributed by atoms with E-state index in [1.807, 2.05) is 0 Å². The van der Waals surface area contributed by atoms with Gasteiger partial charge >= 0.3 is 0 Å². The first-order valence-electron chi connectivity index (χ1n) is 6.22. The lowest BCUT2D eigenvalue weighted by atomic mass is 10.3. The molecule has 3 nitrogen and oxygen atoms in total. The minimum absolute atomic E-state index is 1.06. The Bertz CT molecular complexity index is 486. The molecule has 4 heteroatoms. The molecule has 0 aromatic carbocycles. The first-order valence-corrected chi connectivity index (χ1v) is 7.04. The second kappa shape index (κ2) is 5.45. The van der Waals surface area contributed by atoms with Gasteiger partial charge in [-0.25, -0.2) is 9.97 Å². The van der Waals surface area contributed by atoms with Gasteiger partial charge in [0, 0.05) is 18.0 Å². The topological polar surface area (TPSA) is 29.0 Å². The van der Waals surface area contributed by atoms with E-state index in [4.69, 9.17) is 0 Å². The van der Waals surface area contributed by atoms with Gasteiger partial charge in [0.1, 0.15) is 17.0 Å². The van der Waals surface area contributed by atoms with Crippen LogP contribution in [0.4, 0.5) is 5.82 Å². The number of aryl methyl sites for hydroxylation is 1. The maximum Gasteiger partial charge on any atom is 0.140 e. The molecule has 0 bridgehead atoms. The molecule has 2 aromatic heterocycles. The van der Waals surface area contributed by atoms with Crippen LogP contribution in [-0.2, 0) is 0 Å². The van der Waals surface area contributed by atoms with Crippen molar-refractivity contribution in [3.63, 3.8) is 0 Å². The fraction of sp³-hybridized carbons (Fsp3) is 0.538. The van der Waals surface area contributed by atoms with Crippen LogP contribution >= 0.6 is 11.3 Å². The molecule has 0 fully saturated rings. The van der Waals surface area contributed by atoms with E-state index >= 15 is 0 Å². The fourth-order valence-electron chi connectivity index (χ4n) is 2.08.